The summed E-state index contributed by atoms with van der Waals surface area (Å²) in [7, 11) is 1.65. The molecule has 0 bridgehead atoms. The van der Waals surface area contributed by atoms with Crippen LogP contribution in [-0.2, 0) is 6.54 Å². The molecule has 1 amide bonds. The zero-order valence-corrected chi connectivity index (χ0v) is 15.6. The molecule has 2 heterocycles. The van der Waals surface area contributed by atoms with E-state index in [0.29, 0.717) is 12.2 Å². The summed E-state index contributed by atoms with van der Waals surface area (Å²) in [5, 5.41) is 6.28. The van der Waals surface area contributed by atoms with Crippen LogP contribution in [0.15, 0.2) is 48.7 Å². The Labute approximate surface area is 157 Å². The predicted molar refractivity (Wildman–Crippen MR) is 107 cm³/mol. The summed E-state index contributed by atoms with van der Waals surface area (Å²) in [6.07, 6.45) is 1.77. The van der Waals surface area contributed by atoms with Gasteiger partial charge in [0.25, 0.3) is 5.91 Å². The largest absolute Gasteiger partial charge is 0.496 e. The highest BCUT2D eigenvalue weighted by Gasteiger charge is 2.14. The van der Waals surface area contributed by atoms with Gasteiger partial charge in [-0.15, -0.1) is 0 Å². The van der Waals surface area contributed by atoms with Crippen LogP contribution in [0.1, 0.15) is 27.3 Å². The molecule has 0 fully saturated rings. The van der Waals surface area contributed by atoms with Gasteiger partial charge in [0.05, 0.1) is 19.3 Å². The van der Waals surface area contributed by atoms with Crippen LogP contribution in [0.3, 0.4) is 0 Å². The smallest absolute Gasteiger partial charge is 0.268 e. The van der Waals surface area contributed by atoms with Crippen molar-refractivity contribution in [2.75, 3.05) is 7.11 Å². The average molecular weight is 359 g/mol. The van der Waals surface area contributed by atoms with Gasteiger partial charge in [0.2, 0.25) is 0 Å². The van der Waals surface area contributed by atoms with Gasteiger partial charge in [-0.2, -0.15) is 0 Å². The van der Waals surface area contributed by atoms with Crippen molar-refractivity contribution in [3.8, 4) is 5.75 Å². The first kappa shape index (κ1) is 17.1. The third-order valence-corrected chi connectivity index (χ3v) is 4.94. The van der Waals surface area contributed by atoms with Crippen LogP contribution in [0.25, 0.3) is 21.7 Å². The normalized spacial score (nSPS) is 11.1. The number of hydrogen-bond acceptors (Lipinski definition) is 3. The molecule has 27 heavy (non-hydrogen) atoms. The van der Waals surface area contributed by atoms with Crippen LogP contribution >= 0.6 is 0 Å². The molecule has 0 spiro atoms. The highest BCUT2D eigenvalue weighted by Crippen LogP contribution is 2.26. The molecule has 0 aliphatic carbocycles. The Morgan fingerprint density at radius 2 is 1.96 bits per heavy atom. The molecule has 0 aliphatic heterocycles. The Morgan fingerprint density at radius 3 is 2.78 bits per heavy atom. The van der Waals surface area contributed by atoms with E-state index in [1.807, 2.05) is 38.1 Å². The minimum absolute atomic E-state index is 0.156. The van der Waals surface area contributed by atoms with Gasteiger partial charge in [-0.05, 0) is 36.8 Å². The Hall–Kier alpha value is -3.34. The number of aryl methyl sites for hydroxylation is 1. The molecule has 4 aromatic rings. The average Bonchev–Trinajstić information content (AvgIpc) is 3.12. The first-order valence-corrected chi connectivity index (χ1v) is 8.86. The van der Waals surface area contributed by atoms with E-state index in [2.05, 4.69) is 33.5 Å². The summed E-state index contributed by atoms with van der Waals surface area (Å²) in [5.74, 6) is 0.655. The first-order chi connectivity index (χ1) is 13.1. The summed E-state index contributed by atoms with van der Waals surface area (Å²) in [6, 6.07) is 14.1. The number of hydrogen-bond donors (Lipinski definition) is 2. The zero-order valence-electron chi connectivity index (χ0n) is 15.6. The number of carbonyl (C=O) groups excluding carboxylic acids is 1. The van der Waals surface area contributed by atoms with E-state index in [1.165, 1.54) is 0 Å². The van der Waals surface area contributed by atoms with E-state index >= 15 is 0 Å². The minimum atomic E-state index is -0.156. The van der Waals surface area contributed by atoms with E-state index in [1.54, 1.807) is 13.3 Å². The number of H-pyrrole nitrogens is 1. The highest BCUT2D eigenvalue weighted by atomic mass is 16.5. The van der Waals surface area contributed by atoms with Crippen molar-refractivity contribution in [2.24, 2.45) is 0 Å². The van der Waals surface area contributed by atoms with Gasteiger partial charge < -0.3 is 15.0 Å². The molecule has 0 radical (unpaired) electrons. The number of fused-ring (bicyclic) bond motifs is 3. The molecule has 2 aromatic carbocycles. The van der Waals surface area contributed by atoms with Crippen molar-refractivity contribution in [1.29, 1.82) is 0 Å². The van der Waals surface area contributed by atoms with Crippen molar-refractivity contribution in [1.82, 2.24) is 15.3 Å². The Morgan fingerprint density at radius 1 is 1.15 bits per heavy atom. The molecule has 5 heteroatoms. The number of pyridine rings is 1. The van der Waals surface area contributed by atoms with Crippen LogP contribution < -0.4 is 10.1 Å². The monoisotopic (exact) mass is 359 g/mol. The molecule has 0 aliphatic rings. The zero-order chi connectivity index (χ0) is 19.0. The maximum absolute atomic E-state index is 12.7. The summed E-state index contributed by atoms with van der Waals surface area (Å²) < 4.78 is 5.43. The number of amides is 1. The van der Waals surface area contributed by atoms with Crippen molar-refractivity contribution in [2.45, 2.75) is 20.4 Å². The van der Waals surface area contributed by atoms with Crippen molar-refractivity contribution < 1.29 is 9.53 Å². The molecule has 4 rings (SSSR count). The predicted octanol–water partition coefficient (Wildman–Crippen LogP) is 4.27. The molecule has 0 atom stereocenters. The molecule has 0 saturated heterocycles. The van der Waals surface area contributed by atoms with Gasteiger partial charge in [0.15, 0.2) is 0 Å². The first-order valence-electron chi connectivity index (χ1n) is 8.86. The van der Waals surface area contributed by atoms with Crippen LogP contribution in [0.5, 0.6) is 5.75 Å². The van der Waals surface area contributed by atoms with E-state index in [-0.39, 0.29) is 5.91 Å². The van der Waals surface area contributed by atoms with Gasteiger partial charge in [0.1, 0.15) is 11.4 Å². The lowest BCUT2D eigenvalue weighted by Crippen LogP contribution is -2.24. The number of benzene rings is 2. The summed E-state index contributed by atoms with van der Waals surface area (Å²) in [4.78, 5) is 20.3. The second-order valence-electron chi connectivity index (χ2n) is 6.66. The van der Waals surface area contributed by atoms with Gasteiger partial charge in [-0.1, -0.05) is 30.3 Å². The summed E-state index contributed by atoms with van der Waals surface area (Å²) in [6.45, 7) is 4.25. The fourth-order valence-corrected chi connectivity index (χ4v) is 3.52. The highest BCUT2D eigenvalue weighted by molar-refractivity contribution is 6.09. The number of aromatic nitrogens is 2. The fraction of sp³-hybridized carbons (Fsp3) is 0.182. The fourth-order valence-electron chi connectivity index (χ4n) is 3.52. The number of aromatic amines is 1. The number of carbonyl (C=O) groups is 1. The number of methoxy groups -OCH3 is 1. The third kappa shape index (κ3) is 3.01. The lowest BCUT2D eigenvalue weighted by molar-refractivity contribution is 0.0946. The second kappa shape index (κ2) is 6.76. The standard InChI is InChI=1S/C22H21N3O2/c1-13-11-23-20(14(2)21(13)27-3)12-24-22(26)19-10-17-16-7-5-4-6-15(16)8-9-18(17)25-19/h4-11,25H,12H2,1-3H3,(H,24,26). The number of nitrogens with zero attached hydrogens (tertiary/aromatic N) is 1. The van der Waals surface area contributed by atoms with Crippen molar-refractivity contribution in [3.05, 3.63) is 71.2 Å². The van der Waals surface area contributed by atoms with Gasteiger partial charge in [0, 0.05) is 28.2 Å². The van der Waals surface area contributed by atoms with Crippen LogP contribution in [0.2, 0.25) is 0 Å². The van der Waals surface area contributed by atoms with Crippen molar-refractivity contribution >= 4 is 27.6 Å². The van der Waals surface area contributed by atoms with E-state index in [9.17, 15) is 4.79 Å². The number of nitrogens with one attached hydrogen (secondary N) is 2. The summed E-state index contributed by atoms with van der Waals surface area (Å²) >= 11 is 0. The molecule has 0 saturated carbocycles. The van der Waals surface area contributed by atoms with Crippen molar-refractivity contribution in [3.63, 3.8) is 0 Å². The quantitative estimate of drug-likeness (QED) is 0.572. The molecule has 2 N–H and O–H groups in total. The lowest BCUT2D eigenvalue weighted by Gasteiger charge is -2.12. The molecule has 5 nitrogen and oxygen atoms in total. The van der Waals surface area contributed by atoms with Gasteiger partial charge in [-0.3, -0.25) is 9.78 Å². The maximum atomic E-state index is 12.7. The molecule has 2 aromatic heterocycles. The van der Waals surface area contributed by atoms with Crippen LogP contribution in [-0.4, -0.2) is 23.0 Å². The Bertz CT molecular complexity index is 1160. The SMILES string of the molecule is COc1c(C)cnc(CNC(=O)c2cc3c(ccc4ccccc43)[nH]2)c1C. The third-order valence-electron chi connectivity index (χ3n) is 4.94. The Balaban J connectivity index is 1.60. The lowest BCUT2D eigenvalue weighted by atomic mass is 10.1. The van der Waals surface area contributed by atoms with Crippen LogP contribution in [0, 0.1) is 13.8 Å². The van der Waals surface area contributed by atoms with E-state index < -0.39 is 0 Å². The molecule has 0 unspecified atom stereocenters. The molecular weight excluding hydrogens is 338 g/mol. The Kier molecular flexibility index (Phi) is 4.28. The second-order valence-corrected chi connectivity index (χ2v) is 6.66. The molecular formula is C22H21N3O2. The summed E-state index contributed by atoms with van der Waals surface area (Å²) in [5.41, 5.74) is 4.21. The number of rotatable bonds is 4. The topological polar surface area (TPSA) is 67.0 Å². The van der Waals surface area contributed by atoms with Gasteiger partial charge in [-0.25, -0.2) is 0 Å². The van der Waals surface area contributed by atoms with Gasteiger partial charge >= 0.3 is 0 Å². The van der Waals surface area contributed by atoms with E-state index in [4.69, 9.17) is 4.74 Å². The minimum Gasteiger partial charge on any atom is -0.496 e. The van der Waals surface area contributed by atoms with Crippen LogP contribution in [0.4, 0.5) is 0 Å². The van der Waals surface area contributed by atoms with E-state index in [0.717, 1.165) is 44.2 Å². The maximum Gasteiger partial charge on any atom is 0.268 e. The number of ether oxygens (including phenoxy) is 1. The molecule has 136 valence electrons.